The Morgan fingerprint density at radius 1 is 1.20 bits per heavy atom. The summed E-state index contributed by atoms with van der Waals surface area (Å²) >= 11 is 1.68. The predicted molar refractivity (Wildman–Crippen MR) is 99.3 cm³/mol. The first-order chi connectivity index (χ1) is 12.1. The molecule has 1 aromatic carbocycles. The number of nitrogens with zero attached hydrogens (tertiary/aromatic N) is 3. The summed E-state index contributed by atoms with van der Waals surface area (Å²) in [5.74, 6) is 0.438. The maximum absolute atomic E-state index is 11.2. The summed E-state index contributed by atoms with van der Waals surface area (Å²) in [6.07, 6.45) is 3.76. The lowest BCUT2D eigenvalue weighted by Gasteiger charge is -2.15. The molecule has 6 nitrogen and oxygen atoms in total. The number of nitrogens with one attached hydrogen (secondary N) is 2. The number of hydrogen-bond acceptors (Lipinski definition) is 6. The standard InChI is InChI=1S/C18H17N5OS/c1-10(24)20-13-4-3-5-14(8-13)22-18-19-9-12-6-7-15-17(16(12)23-18)25-11(2)21-15/h3-5,8-9H,6-7H2,1-2H3,(H,20,24)(H,19,22,23). The van der Waals surface area contributed by atoms with E-state index in [2.05, 4.69) is 20.6 Å². The molecule has 0 radical (unpaired) electrons. The number of carbonyl (C=O) groups excluding carboxylic acids is 1. The smallest absolute Gasteiger partial charge is 0.227 e. The van der Waals surface area contributed by atoms with Crippen LogP contribution in [0.3, 0.4) is 0 Å². The summed E-state index contributed by atoms with van der Waals surface area (Å²) in [5.41, 5.74) is 4.82. The van der Waals surface area contributed by atoms with Crippen LogP contribution in [0.1, 0.15) is 23.2 Å². The first kappa shape index (κ1) is 15.7. The molecule has 0 saturated heterocycles. The summed E-state index contributed by atoms with van der Waals surface area (Å²) in [4.78, 5) is 26.1. The summed E-state index contributed by atoms with van der Waals surface area (Å²) in [6, 6.07) is 7.48. The van der Waals surface area contributed by atoms with Crippen molar-refractivity contribution in [1.82, 2.24) is 15.0 Å². The van der Waals surface area contributed by atoms with Crippen molar-refractivity contribution >= 4 is 34.6 Å². The molecule has 126 valence electrons. The highest BCUT2D eigenvalue weighted by Crippen LogP contribution is 2.36. The molecule has 3 aromatic rings. The fourth-order valence-corrected chi connectivity index (χ4v) is 3.92. The fourth-order valence-electron chi connectivity index (χ4n) is 2.93. The molecule has 0 bridgehead atoms. The molecule has 1 aliphatic rings. The molecule has 4 rings (SSSR count). The lowest BCUT2D eigenvalue weighted by atomic mass is 10.00. The summed E-state index contributed by atoms with van der Waals surface area (Å²) in [5, 5.41) is 7.05. The molecule has 1 amide bonds. The van der Waals surface area contributed by atoms with Crippen molar-refractivity contribution in [1.29, 1.82) is 0 Å². The Kier molecular flexibility index (Phi) is 3.93. The van der Waals surface area contributed by atoms with Gasteiger partial charge in [0.1, 0.15) is 0 Å². The minimum absolute atomic E-state index is 0.102. The van der Waals surface area contributed by atoms with Gasteiger partial charge < -0.3 is 10.6 Å². The Morgan fingerprint density at radius 3 is 2.88 bits per heavy atom. The van der Waals surface area contributed by atoms with Gasteiger partial charge in [-0.1, -0.05) is 6.07 Å². The van der Waals surface area contributed by atoms with E-state index in [1.807, 2.05) is 37.4 Å². The summed E-state index contributed by atoms with van der Waals surface area (Å²) in [6.45, 7) is 3.51. The van der Waals surface area contributed by atoms with Crippen LogP contribution in [0.5, 0.6) is 0 Å². The highest BCUT2D eigenvalue weighted by atomic mass is 32.1. The van der Waals surface area contributed by atoms with Crippen LogP contribution in [0.2, 0.25) is 0 Å². The second kappa shape index (κ2) is 6.25. The quantitative estimate of drug-likeness (QED) is 0.752. The van der Waals surface area contributed by atoms with Gasteiger partial charge in [-0.2, -0.15) is 0 Å². The topological polar surface area (TPSA) is 79.8 Å². The van der Waals surface area contributed by atoms with Crippen molar-refractivity contribution in [2.45, 2.75) is 26.7 Å². The van der Waals surface area contributed by atoms with Gasteiger partial charge in [0.25, 0.3) is 0 Å². The van der Waals surface area contributed by atoms with Gasteiger partial charge >= 0.3 is 0 Å². The number of aryl methyl sites for hydroxylation is 3. The van der Waals surface area contributed by atoms with Gasteiger partial charge in [0, 0.05) is 24.5 Å². The molecular weight excluding hydrogens is 334 g/mol. The largest absolute Gasteiger partial charge is 0.326 e. The number of carbonyl (C=O) groups is 1. The zero-order valence-corrected chi connectivity index (χ0v) is 14.8. The number of amides is 1. The number of fused-ring (bicyclic) bond motifs is 3. The van der Waals surface area contributed by atoms with Crippen molar-refractivity contribution in [2.75, 3.05) is 10.6 Å². The average Bonchev–Trinajstić information content (AvgIpc) is 2.95. The fraction of sp³-hybridized carbons (Fsp3) is 0.222. The van der Waals surface area contributed by atoms with Crippen LogP contribution >= 0.6 is 11.3 Å². The number of benzene rings is 1. The molecule has 2 N–H and O–H groups in total. The molecule has 0 atom stereocenters. The zero-order chi connectivity index (χ0) is 17.4. The van der Waals surface area contributed by atoms with E-state index in [1.54, 1.807) is 11.3 Å². The van der Waals surface area contributed by atoms with Gasteiger partial charge in [-0.05, 0) is 43.5 Å². The maximum atomic E-state index is 11.2. The zero-order valence-electron chi connectivity index (χ0n) is 14.0. The Balaban J connectivity index is 1.64. The van der Waals surface area contributed by atoms with Crippen LogP contribution < -0.4 is 10.6 Å². The van der Waals surface area contributed by atoms with Crippen molar-refractivity contribution < 1.29 is 4.79 Å². The van der Waals surface area contributed by atoms with E-state index in [0.29, 0.717) is 5.95 Å². The minimum Gasteiger partial charge on any atom is -0.326 e. The van der Waals surface area contributed by atoms with Gasteiger partial charge in [-0.25, -0.2) is 15.0 Å². The second-order valence-corrected chi connectivity index (χ2v) is 7.17. The molecule has 7 heteroatoms. The van der Waals surface area contributed by atoms with Crippen molar-refractivity contribution in [3.8, 4) is 10.6 Å². The third-order valence-corrected chi connectivity index (χ3v) is 4.97. The van der Waals surface area contributed by atoms with Gasteiger partial charge in [-0.3, -0.25) is 4.79 Å². The second-order valence-electron chi connectivity index (χ2n) is 5.96. The van der Waals surface area contributed by atoms with Crippen LogP contribution in [0, 0.1) is 6.92 Å². The van der Waals surface area contributed by atoms with Crippen molar-refractivity contribution in [3.63, 3.8) is 0 Å². The van der Waals surface area contributed by atoms with Gasteiger partial charge in [0.05, 0.1) is 21.3 Å². The van der Waals surface area contributed by atoms with Crippen molar-refractivity contribution in [3.05, 3.63) is 46.7 Å². The molecule has 2 aromatic heterocycles. The van der Waals surface area contributed by atoms with E-state index in [0.717, 1.165) is 51.1 Å². The molecule has 0 spiro atoms. The third-order valence-electron chi connectivity index (χ3n) is 3.95. The van der Waals surface area contributed by atoms with E-state index in [1.165, 1.54) is 6.92 Å². The summed E-state index contributed by atoms with van der Waals surface area (Å²) in [7, 11) is 0. The van der Waals surface area contributed by atoms with E-state index >= 15 is 0 Å². The van der Waals surface area contributed by atoms with Gasteiger partial charge in [0.2, 0.25) is 11.9 Å². The molecule has 25 heavy (non-hydrogen) atoms. The third kappa shape index (κ3) is 3.23. The lowest BCUT2D eigenvalue weighted by Crippen LogP contribution is -2.08. The van der Waals surface area contributed by atoms with Crippen LogP contribution in [0.15, 0.2) is 30.5 Å². The van der Waals surface area contributed by atoms with Gasteiger partial charge in [0.15, 0.2) is 0 Å². The molecule has 0 unspecified atom stereocenters. The number of anilines is 3. The van der Waals surface area contributed by atoms with Crippen LogP contribution in [0.4, 0.5) is 17.3 Å². The molecule has 0 aliphatic heterocycles. The Hall–Kier alpha value is -2.80. The number of aromatic nitrogens is 3. The minimum atomic E-state index is -0.102. The van der Waals surface area contributed by atoms with E-state index in [4.69, 9.17) is 4.98 Å². The van der Waals surface area contributed by atoms with Crippen molar-refractivity contribution in [2.24, 2.45) is 0 Å². The molecule has 0 saturated carbocycles. The average molecular weight is 351 g/mol. The van der Waals surface area contributed by atoms with E-state index in [-0.39, 0.29) is 5.91 Å². The first-order valence-electron chi connectivity index (χ1n) is 8.06. The highest BCUT2D eigenvalue weighted by molar-refractivity contribution is 7.15. The van der Waals surface area contributed by atoms with E-state index in [9.17, 15) is 4.79 Å². The monoisotopic (exact) mass is 351 g/mol. The lowest BCUT2D eigenvalue weighted by molar-refractivity contribution is -0.114. The number of rotatable bonds is 3. The Bertz CT molecular complexity index is 966. The van der Waals surface area contributed by atoms with E-state index < -0.39 is 0 Å². The Labute approximate surface area is 149 Å². The van der Waals surface area contributed by atoms with Crippen LogP contribution in [-0.2, 0) is 17.6 Å². The molecule has 1 aliphatic carbocycles. The highest BCUT2D eigenvalue weighted by Gasteiger charge is 2.22. The number of thiazole rings is 1. The predicted octanol–water partition coefficient (Wildman–Crippen LogP) is 3.71. The Morgan fingerprint density at radius 2 is 2.04 bits per heavy atom. The first-order valence-corrected chi connectivity index (χ1v) is 8.87. The maximum Gasteiger partial charge on any atom is 0.227 e. The molecule has 2 heterocycles. The normalized spacial score (nSPS) is 12.2. The van der Waals surface area contributed by atoms with Crippen LogP contribution in [-0.4, -0.2) is 20.9 Å². The SMILES string of the molecule is CC(=O)Nc1cccc(Nc2ncc3c(n2)-c2sc(C)nc2CC3)c1. The van der Waals surface area contributed by atoms with Crippen LogP contribution in [0.25, 0.3) is 10.6 Å². The number of hydrogen-bond donors (Lipinski definition) is 2. The molecular formula is C18H17N5OS. The molecule has 0 fully saturated rings. The summed E-state index contributed by atoms with van der Waals surface area (Å²) < 4.78 is 0. The van der Waals surface area contributed by atoms with Gasteiger partial charge in [-0.15, -0.1) is 11.3 Å².